The number of nitrogens with one attached hydrogen (secondary N) is 1. The molecule has 99 heavy (non-hydrogen) atoms. The lowest BCUT2D eigenvalue weighted by atomic mass is 9.94. The topological polar surface area (TPSA) is 228 Å². The Kier molecular flexibility index (Phi) is 26.5. The van der Waals surface area contributed by atoms with Crippen LogP contribution >= 0.6 is 34.8 Å². The van der Waals surface area contributed by atoms with Gasteiger partial charge >= 0.3 is 24.0 Å². The van der Waals surface area contributed by atoms with Gasteiger partial charge in [-0.2, -0.15) is 0 Å². The van der Waals surface area contributed by atoms with E-state index in [1.54, 1.807) is 48.5 Å². The van der Waals surface area contributed by atoms with Gasteiger partial charge in [0, 0.05) is 12.5 Å². The number of alkyl carbamates (subject to hydrolysis) is 1. The van der Waals surface area contributed by atoms with Crippen LogP contribution < -0.4 is 5.32 Å². The van der Waals surface area contributed by atoms with E-state index in [4.69, 9.17) is 111 Å². The van der Waals surface area contributed by atoms with Gasteiger partial charge in [-0.1, -0.05) is 229 Å². The first-order valence-corrected chi connectivity index (χ1v) is 33.4. The van der Waals surface area contributed by atoms with E-state index < -0.39 is 139 Å². The third kappa shape index (κ3) is 20.5. The minimum atomic E-state index is -2.02. The lowest BCUT2D eigenvalue weighted by molar-refractivity contribution is -0.399. The first kappa shape index (κ1) is 72.6. The fourth-order valence-corrected chi connectivity index (χ4v) is 11.9. The average Bonchev–Trinajstić information content (AvgIpc) is 0.758. The summed E-state index contributed by atoms with van der Waals surface area (Å²) in [5.41, 5.74) is 4.09. The molecule has 522 valence electrons. The third-order valence-corrected chi connectivity index (χ3v) is 16.7. The van der Waals surface area contributed by atoms with Crippen LogP contribution in [-0.4, -0.2) is 153 Å². The number of ether oxygens (including phenoxy) is 16. The van der Waals surface area contributed by atoms with Crippen molar-refractivity contribution in [2.75, 3.05) is 33.0 Å². The van der Waals surface area contributed by atoms with Gasteiger partial charge in [0.25, 0.3) is 0 Å². The minimum Gasteiger partial charge on any atom is -0.459 e. The monoisotopic (exact) mass is 1420 g/mol. The van der Waals surface area contributed by atoms with Gasteiger partial charge in [-0.05, 0) is 46.5 Å². The molecule has 16 atom stereocenters. The number of carbonyl (C=O) groups is 4. The van der Waals surface area contributed by atoms with Gasteiger partial charge in [0.05, 0.1) is 57.4 Å². The quantitative estimate of drug-likeness (QED) is 0.0199. The van der Waals surface area contributed by atoms with Crippen LogP contribution in [0.15, 0.2) is 225 Å². The van der Waals surface area contributed by atoms with Crippen LogP contribution in [0.25, 0.3) is 0 Å². The summed E-state index contributed by atoms with van der Waals surface area (Å²) >= 11 is 18.3. The smallest absolute Gasteiger partial charge is 0.407 e. The number of hydrogen-bond donors (Lipinski definition) is 1. The largest absolute Gasteiger partial charge is 0.459 e. The van der Waals surface area contributed by atoms with Crippen LogP contribution in [0.3, 0.4) is 0 Å². The van der Waals surface area contributed by atoms with Crippen molar-refractivity contribution in [2.24, 2.45) is 0 Å². The number of carbonyl (C=O) groups excluding carboxylic acids is 4. The highest BCUT2D eigenvalue weighted by atomic mass is 35.6. The van der Waals surface area contributed by atoms with Crippen molar-refractivity contribution in [3.05, 3.63) is 264 Å². The molecule has 0 aromatic heterocycles. The summed E-state index contributed by atoms with van der Waals surface area (Å²) in [6.07, 6.45) is -20.2. The van der Waals surface area contributed by atoms with Crippen molar-refractivity contribution in [2.45, 2.75) is 135 Å². The first-order chi connectivity index (χ1) is 48.2. The molecule has 1 amide bonds. The summed E-state index contributed by atoms with van der Waals surface area (Å²) in [7, 11) is 0. The number of esters is 3. The minimum absolute atomic E-state index is 0.0160. The number of benzene rings is 7. The lowest BCUT2D eigenvalue weighted by Gasteiger charge is -2.52. The predicted octanol–water partition coefficient (Wildman–Crippen LogP) is 11.7. The second-order valence-electron chi connectivity index (χ2n) is 23.5. The summed E-state index contributed by atoms with van der Waals surface area (Å²) in [6, 6.07) is 61.8. The number of fused-ring (bicyclic) bond motifs is 1. The Bertz CT molecular complexity index is 3630. The van der Waals surface area contributed by atoms with Gasteiger partial charge in [0.1, 0.15) is 74.2 Å². The summed E-state index contributed by atoms with van der Waals surface area (Å²) in [5, 5.41) is 2.81. The molecule has 24 heteroatoms. The molecule has 1 N–H and O–H groups in total. The number of alkyl halides is 3. The number of hydrogen-bond acceptors (Lipinski definition) is 20. The Morgan fingerprint density at radius 3 is 1.54 bits per heavy atom. The van der Waals surface area contributed by atoms with Crippen molar-refractivity contribution in [3.63, 3.8) is 0 Å². The van der Waals surface area contributed by atoms with Crippen molar-refractivity contribution < 1.29 is 95.0 Å². The molecule has 0 spiro atoms. The van der Waals surface area contributed by atoms with E-state index in [2.05, 4.69) is 11.9 Å². The van der Waals surface area contributed by atoms with E-state index in [1.807, 2.05) is 152 Å². The number of halogens is 3. The van der Waals surface area contributed by atoms with Gasteiger partial charge in [0.15, 0.2) is 37.4 Å². The molecule has 0 saturated carbocycles. The molecule has 4 heterocycles. The van der Waals surface area contributed by atoms with Gasteiger partial charge < -0.3 is 81.1 Å². The normalized spacial score (nSPS) is 26.7. The zero-order chi connectivity index (χ0) is 68.9. The van der Waals surface area contributed by atoms with Crippen molar-refractivity contribution in [1.29, 1.82) is 0 Å². The Hall–Kier alpha value is -7.65. The van der Waals surface area contributed by atoms with Gasteiger partial charge in [0.2, 0.25) is 3.79 Å². The molecule has 7 aromatic rings. The van der Waals surface area contributed by atoms with Crippen LogP contribution in [0, 0.1) is 0 Å². The molecule has 4 aliphatic heterocycles. The van der Waals surface area contributed by atoms with E-state index in [1.165, 1.54) is 25.1 Å². The van der Waals surface area contributed by atoms with Gasteiger partial charge in [-0.25, -0.2) is 14.4 Å². The Morgan fingerprint density at radius 2 is 0.980 bits per heavy atom. The second-order valence-corrected chi connectivity index (χ2v) is 26.1. The van der Waals surface area contributed by atoms with E-state index in [0.717, 1.165) is 22.3 Å². The van der Waals surface area contributed by atoms with E-state index in [-0.39, 0.29) is 57.4 Å². The molecule has 0 bridgehead atoms. The fourth-order valence-electron chi connectivity index (χ4n) is 11.8. The Labute approximate surface area is 588 Å². The summed E-state index contributed by atoms with van der Waals surface area (Å²) in [4.78, 5) is 57.3. The predicted molar refractivity (Wildman–Crippen MR) is 360 cm³/mol. The summed E-state index contributed by atoms with van der Waals surface area (Å²) in [5.74, 6) is -2.54. The maximum Gasteiger partial charge on any atom is 0.407 e. The highest BCUT2D eigenvalue weighted by molar-refractivity contribution is 6.67. The van der Waals surface area contributed by atoms with Crippen molar-refractivity contribution in [3.8, 4) is 0 Å². The van der Waals surface area contributed by atoms with Crippen molar-refractivity contribution in [1.82, 2.24) is 5.32 Å². The van der Waals surface area contributed by atoms with Crippen LogP contribution in [0.2, 0.25) is 0 Å². The number of amides is 1. The van der Waals surface area contributed by atoms with Crippen LogP contribution in [-0.2, 0) is 107 Å². The van der Waals surface area contributed by atoms with E-state index in [0.29, 0.717) is 5.56 Å². The Balaban J connectivity index is 1.05. The maximum atomic E-state index is 15.2. The summed E-state index contributed by atoms with van der Waals surface area (Å²) in [6.45, 7) is 3.31. The fraction of sp³-hybridized carbons (Fsp3) is 0.360. The molecule has 1 unspecified atom stereocenters. The molecular weight excluding hydrogens is 1340 g/mol. The number of rotatable bonds is 29. The molecular formula is C75H76Cl3NO20. The Morgan fingerprint density at radius 1 is 0.495 bits per heavy atom. The van der Waals surface area contributed by atoms with Crippen LogP contribution in [0.5, 0.6) is 0 Å². The van der Waals surface area contributed by atoms with E-state index >= 15 is 4.79 Å². The van der Waals surface area contributed by atoms with Crippen LogP contribution in [0.4, 0.5) is 4.79 Å². The second kappa shape index (κ2) is 36.1. The highest BCUT2D eigenvalue weighted by Crippen LogP contribution is 2.42. The SMILES string of the molecule is C=CCO[C@H]1O[C@H](COCc2ccccc2)[C@@H](O[C@@H]2O[C@H](COC(=O)c3ccccc3)[C@H](OC(C)=O)[C@H](O[C@H]3O[C@@H]4COC(c5ccccc5)O[C@@H]4[C@H](OCc4ccccc4)[C@H]3OCc3ccccc3)[C@H]2OC(=O)c2ccccc2)[C@H](OCc2ccccc2)[C@H]1NC(=O)OCC(Cl)(Cl)Cl. The lowest BCUT2D eigenvalue weighted by Crippen LogP contribution is -2.70. The van der Waals surface area contributed by atoms with Gasteiger partial charge in [-0.3, -0.25) is 4.79 Å². The van der Waals surface area contributed by atoms with Crippen LogP contribution in [0.1, 0.15) is 61.7 Å². The first-order valence-electron chi connectivity index (χ1n) is 32.3. The summed E-state index contributed by atoms with van der Waals surface area (Å²) < 4.78 is 105. The zero-order valence-corrected chi connectivity index (χ0v) is 56.2. The maximum absolute atomic E-state index is 15.2. The molecule has 0 radical (unpaired) electrons. The molecule has 4 aliphatic rings. The van der Waals surface area contributed by atoms with Gasteiger partial charge in [-0.15, -0.1) is 6.58 Å². The average molecular weight is 1420 g/mol. The van der Waals surface area contributed by atoms with Crippen molar-refractivity contribution >= 4 is 58.8 Å². The highest BCUT2D eigenvalue weighted by Gasteiger charge is 2.59. The molecule has 4 fully saturated rings. The molecule has 11 rings (SSSR count). The van der Waals surface area contributed by atoms with E-state index in [9.17, 15) is 14.4 Å². The standard InChI is InChI=1S/C75H76Cl3NO20/c1-3-39-85-71-59(79-74(83)91-47-75(76,77)78)63(86-41-50-27-13-5-14-28-50)60(56(93-71)44-84-40-49-25-11-4-12-26-49)98-73-67(96-69(82)54-35-21-9-22-36-54)65(62(92-48(2)80)57(95-73)45-89-68(81)53-33-19-8-20-34-53)99-72-66(88-43-52-31-17-7-18-32-52)64(87-42-51-29-15-6-16-30-51)61-58(94-72)46-90-70(97-61)55-37-23-10-24-38-55/h3-38,56-67,70-73H,1,39-47H2,2H3,(H,79,83)/t56-,57-,58-,59-,60-,61+,62+,63-,64+,65+,66-,67-,70?,71+,72-,73+/m1/s1. The molecule has 0 aliphatic carbocycles. The third-order valence-electron chi connectivity index (χ3n) is 16.4. The molecule has 21 nitrogen and oxygen atoms in total. The molecule has 7 aromatic carbocycles. The zero-order valence-electron chi connectivity index (χ0n) is 53.9. The molecule has 4 saturated heterocycles.